The highest BCUT2D eigenvalue weighted by Gasteiger charge is 2.27. The van der Waals surface area contributed by atoms with Crippen molar-refractivity contribution in [2.75, 3.05) is 26.8 Å². The van der Waals surface area contributed by atoms with Gasteiger partial charge in [-0.1, -0.05) is 0 Å². The Morgan fingerprint density at radius 1 is 1.52 bits per heavy atom. The molecular weight excluding hydrogens is 342 g/mol. The van der Waals surface area contributed by atoms with Crippen LogP contribution in [0.2, 0.25) is 0 Å². The van der Waals surface area contributed by atoms with Crippen molar-refractivity contribution in [3.8, 4) is 5.75 Å². The van der Waals surface area contributed by atoms with Gasteiger partial charge in [-0.3, -0.25) is 9.59 Å². The molecular formula is C14H16BrNO5. The number of halogens is 1. The molecule has 0 radical (unpaired) electrons. The lowest BCUT2D eigenvalue weighted by Crippen LogP contribution is -2.46. The number of rotatable bonds is 4. The number of carbonyl (C=O) groups excluding carboxylic acids is 1. The van der Waals surface area contributed by atoms with Gasteiger partial charge in [0, 0.05) is 17.6 Å². The Morgan fingerprint density at radius 3 is 2.95 bits per heavy atom. The normalized spacial score (nSPS) is 18.4. The molecule has 0 spiro atoms. The lowest BCUT2D eigenvalue weighted by atomic mass is 10.1. The van der Waals surface area contributed by atoms with Crippen LogP contribution in [0.25, 0.3) is 0 Å². The van der Waals surface area contributed by atoms with Crippen molar-refractivity contribution in [1.82, 2.24) is 4.90 Å². The highest BCUT2D eigenvalue weighted by molar-refractivity contribution is 9.10. The van der Waals surface area contributed by atoms with Gasteiger partial charge in [-0.05, 0) is 34.1 Å². The predicted molar refractivity (Wildman–Crippen MR) is 78.6 cm³/mol. The minimum atomic E-state index is -0.933. The zero-order valence-corrected chi connectivity index (χ0v) is 13.1. The van der Waals surface area contributed by atoms with Crippen LogP contribution in [0.4, 0.5) is 0 Å². The standard InChI is InChI=1S/C14H16BrNO5/c1-20-9-2-3-12(15)11(6-9)14(19)16-4-5-21-10(8-16)7-13(17)18/h2-3,6,10H,4-5,7-8H2,1H3,(H,17,18)/t10-/m0/s1. The number of benzene rings is 1. The van der Waals surface area contributed by atoms with Crippen molar-refractivity contribution < 1.29 is 24.2 Å². The molecule has 1 amide bonds. The van der Waals surface area contributed by atoms with E-state index in [1.54, 1.807) is 23.1 Å². The van der Waals surface area contributed by atoms with Crippen LogP contribution in [0.1, 0.15) is 16.8 Å². The summed E-state index contributed by atoms with van der Waals surface area (Å²) in [4.78, 5) is 24.9. The molecule has 1 heterocycles. The lowest BCUT2D eigenvalue weighted by Gasteiger charge is -2.32. The number of nitrogens with zero attached hydrogens (tertiary/aromatic N) is 1. The number of methoxy groups -OCH3 is 1. The van der Waals surface area contributed by atoms with Crippen LogP contribution in [0, 0.1) is 0 Å². The molecule has 1 N–H and O–H groups in total. The van der Waals surface area contributed by atoms with E-state index >= 15 is 0 Å². The van der Waals surface area contributed by atoms with Gasteiger partial charge < -0.3 is 19.5 Å². The van der Waals surface area contributed by atoms with E-state index in [9.17, 15) is 9.59 Å². The Bertz CT molecular complexity index is 548. The quantitative estimate of drug-likeness (QED) is 0.888. The van der Waals surface area contributed by atoms with Gasteiger partial charge in [-0.2, -0.15) is 0 Å². The fraction of sp³-hybridized carbons (Fsp3) is 0.429. The van der Waals surface area contributed by atoms with E-state index in [0.29, 0.717) is 28.9 Å². The van der Waals surface area contributed by atoms with Crippen LogP contribution in [0.3, 0.4) is 0 Å². The van der Waals surface area contributed by atoms with E-state index in [4.69, 9.17) is 14.6 Å². The predicted octanol–water partition coefficient (Wildman–Crippen LogP) is 1.77. The first-order valence-corrected chi connectivity index (χ1v) is 7.26. The first kappa shape index (κ1) is 15.8. The molecule has 114 valence electrons. The number of hydrogen-bond donors (Lipinski definition) is 1. The van der Waals surface area contributed by atoms with E-state index in [1.165, 1.54) is 7.11 Å². The number of ether oxygens (including phenoxy) is 2. The molecule has 1 aliphatic heterocycles. The maximum Gasteiger partial charge on any atom is 0.306 e. The van der Waals surface area contributed by atoms with E-state index in [2.05, 4.69) is 15.9 Å². The Balaban J connectivity index is 2.13. The topological polar surface area (TPSA) is 76.1 Å². The van der Waals surface area contributed by atoms with Gasteiger partial charge in [0.2, 0.25) is 0 Å². The van der Waals surface area contributed by atoms with E-state index in [1.807, 2.05) is 0 Å². The molecule has 0 saturated carbocycles. The number of aliphatic carboxylic acids is 1. The highest BCUT2D eigenvalue weighted by atomic mass is 79.9. The number of carbonyl (C=O) groups is 2. The number of hydrogen-bond acceptors (Lipinski definition) is 4. The molecule has 0 unspecified atom stereocenters. The average Bonchev–Trinajstić information content (AvgIpc) is 2.46. The lowest BCUT2D eigenvalue weighted by molar-refractivity contribution is -0.141. The van der Waals surface area contributed by atoms with Gasteiger partial charge in [0.1, 0.15) is 5.75 Å². The van der Waals surface area contributed by atoms with Crippen LogP contribution < -0.4 is 4.74 Å². The second kappa shape index (κ2) is 6.91. The molecule has 21 heavy (non-hydrogen) atoms. The monoisotopic (exact) mass is 357 g/mol. The Kier molecular flexibility index (Phi) is 5.19. The third kappa shape index (κ3) is 3.95. The summed E-state index contributed by atoms with van der Waals surface area (Å²) in [5.74, 6) is -0.506. The second-order valence-corrected chi connectivity index (χ2v) is 5.54. The molecule has 0 bridgehead atoms. The SMILES string of the molecule is COc1ccc(Br)c(C(=O)N2CCO[C@@H](CC(=O)O)C2)c1. The van der Waals surface area contributed by atoms with Crippen LogP contribution >= 0.6 is 15.9 Å². The first-order valence-electron chi connectivity index (χ1n) is 6.47. The van der Waals surface area contributed by atoms with Crippen LogP contribution in [-0.2, 0) is 9.53 Å². The number of morpholine rings is 1. The van der Waals surface area contributed by atoms with Crippen molar-refractivity contribution in [2.45, 2.75) is 12.5 Å². The summed E-state index contributed by atoms with van der Waals surface area (Å²) >= 11 is 3.35. The van der Waals surface area contributed by atoms with Crippen LogP contribution in [0.5, 0.6) is 5.75 Å². The maximum atomic E-state index is 12.6. The first-order chi connectivity index (χ1) is 10.0. The summed E-state index contributed by atoms with van der Waals surface area (Å²) in [6, 6.07) is 5.17. The molecule has 1 saturated heterocycles. The maximum absolute atomic E-state index is 12.6. The minimum Gasteiger partial charge on any atom is -0.497 e. The smallest absolute Gasteiger partial charge is 0.306 e. The van der Waals surface area contributed by atoms with E-state index in [0.717, 1.165) is 0 Å². The van der Waals surface area contributed by atoms with Crippen LogP contribution in [0.15, 0.2) is 22.7 Å². The van der Waals surface area contributed by atoms with Gasteiger partial charge >= 0.3 is 5.97 Å². The molecule has 6 nitrogen and oxygen atoms in total. The largest absolute Gasteiger partial charge is 0.497 e. The van der Waals surface area contributed by atoms with Crippen molar-refractivity contribution in [2.24, 2.45) is 0 Å². The molecule has 1 atom stereocenters. The molecule has 0 aliphatic carbocycles. The summed E-state index contributed by atoms with van der Waals surface area (Å²) < 4.78 is 11.2. The molecule has 1 aromatic rings. The summed E-state index contributed by atoms with van der Waals surface area (Å²) in [6.07, 6.45) is -0.576. The molecule has 7 heteroatoms. The minimum absolute atomic E-state index is 0.108. The van der Waals surface area contributed by atoms with Crippen molar-refractivity contribution in [1.29, 1.82) is 0 Å². The second-order valence-electron chi connectivity index (χ2n) is 4.69. The van der Waals surface area contributed by atoms with Crippen molar-refractivity contribution in [3.63, 3.8) is 0 Å². The van der Waals surface area contributed by atoms with Gasteiger partial charge in [-0.15, -0.1) is 0 Å². The number of carboxylic acids is 1. The Morgan fingerprint density at radius 2 is 2.29 bits per heavy atom. The van der Waals surface area contributed by atoms with Crippen molar-refractivity contribution >= 4 is 27.8 Å². The fourth-order valence-electron chi connectivity index (χ4n) is 2.19. The summed E-state index contributed by atoms with van der Waals surface area (Å²) in [7, 11) is 1.54. The van der Waals surface area contributed by atoms with Gasteiger partial charge in [0.05, 0.1) is 31.8 Å². The van der Waals surface area contributed by atoms with E-state index in [-0.39, 0.29) is 18.9 Å². The summed E-state index contributed by atoms with van der Waals surface area (Å²) in [5, 5.41) is 8.81. The highest BCUT2D eigenvalue weighted by Crippen LogP contribution is 2.24. The van der Waals surface area contributed by atoms with Gasteiger partial charge in [0.25, 0.3) is 5.91 Å². The molecule has 1 aromatic carbocycles. The Hall–Kier alpha value is -1.60. The van der Waals surface area contributed by atoms with Crippen molar-refractivity contribution in [3.05, 3.63) is 28.2 Å². The molecule has 0 aromatic heterocycles. The molecule has 1 aliphatic rings. The summed E-state index contributed by atoms with van der Waals surface area (Å²) in [5.41, 5.74) is 0.491. The Labute approximate surface area is 130 Å². The number of amides is 1. The van der Waals surface area contributed by atoms with Gasteiger partial charge in [0.15, 0.2) is 0 Å². The average molecular weight is 358 g/mol. The third-order valence-electron chi connectivity index (χ3n) is 3.23. The summed E-state index contributed by atoms with van der Waals surface area (Å²) in [6.45, 7) is 1.05. The van der Waals surface area contributed by atoms with Crippen LogP contribution in [-0.4, -0.2) is 54.8 Å². The molecule has 1 fully saturated rings. The molecule has 2 rings (SSSR count). The number of carboxylic acid groups (broad SMARTS) is 1. The third-order valence-corrected chi connectivity index (χ3v) is 3.92. The fourth-order valence-corrected chi connectivity index (χ4v) is 2.60. The van der Waals surface area contributed by atoms with E-state index < -0.39 is 12.1 Å². The zero-order valence-electron chi connectivity index (χ0n) is 11.5. The van der Waals surface area contributed by atoms with Gasteiger partial charge in [-0.25, -0.2) is 0 Å². The zero-order chi connectivity index (χ0) is 15.4.